The maximum Gasteiger partial charge on any atom is 0.218 e. The molecule has 0 aliphatic heterocycles. The Morgan fingerprint density at radius 2 is 1.82 bits per heavy atom. The molecule has 1 aromatic carbocycles. The summed E-state index contributed by atoms with van der Waals surface area (Å²) in [6.45, 7) is 1.36. The zero-order valence-electron chi connectivity index (χ0n) is 9.01. The third-order valence-electron chi connectivity index (χ3n) is 2.01. The summed E-state index contributed by atoms with van der Waals surface area (Å²) in [5.74, 6) is 0. The normalized spacial score (nSPS) is 11.9. The fourth-order valence-electron chi connectivity index (χ4n) is 1.20. The van der Waals surface area contributed by atoms with Crippen molar-refractivity contribution in [3.05, 3.63) is 40.9 Å². The molecule has 1 rings (SSSR count). The topological polar surface area (TPSA) is 93.8 Å². The fourth-order valence-corrected chi connectivity index (χ4v) is 2.53. The van der Waals surface area contributed by atoms with E-state index < -0.39 is 14.7 Å². The molecule has 0 aliphatic rings. The van der Waals surface area contributed by atoms with Crippen LogP contribution in [0.4, 0.5) is 0 Å². The Morgan fingerprint density at radius 1 is 1.24 bits per heavy atom. The van der Waals surface area contributed by atoms with Crippen LogP contribution in [0.2, 0.25) is 0 Å². The molecule has 0 amide bonds. The number of hydrogen-bond donors (Lipinski definition) is 1. The van der Waals surface area contributed by atoms with Crippen molar-refractivity contribution in [2.45, 2.75) is 11.8 Å². The molecular formula is C11H9N3O2S. The summed E-state index contributed by atoms with van der Waals surface area (Å²) in [6.07, 6.45) is 1.58. The van der Waals surface area contributed by atoms with E-state index in [1.807, 2.05) is 0 Å². The van der Waals surface area contributed by atoms with Crippen LogP contribution in [0.5, 0.6) is 0 Å². The highest BCUT2D eigenvalue weighted by Crippen LogP contribution is 2.20. The molecule has 5 nitrogen and oxygen atoms in total. The first-order chi connectivity index (χ1) is 8.04. The predicted octanol–water partition coefficient (Wildman–Crippen LogP) is 1.29. The number of nitrogens with zero attached hydrogens (tertiary/aromatic N) is 2. The largest absolute Gasteiger partial charge is 0.295 e. The molecule has 86 valence electrons. The van der Waals surface area contributed by atoms with Gasteiger partial charge in [0.15, 0.2) is 11.1 Å². The summed E-state index contributed by atoms with van der Waals surface area (Å²) in [7, 11) is -3.87. The van der Waals surface area contributed by atoms with Gasteiger partial charge in [0.25, 0.3) is 0 Å². The second-order valence-electron chi connectivity index (χ2n) is 3.12. The average Bonchev–Trinajstić information content (AvgIpc) is 2.31. The van der Waals surface area contributed by atoms with Crippen molar-refractivity contribution in [3.63, 3.8) is 0 Å². The zero-order chi connectivity index (χ0) is 12.9. The lowest BCUT2D eigenvalue weighted by atomic mass is 10.4. The van der Waals surface area contributed by atoms with Gasteiger partial charge in [-0.1, -0.05) is 18.2 Å². The van der Waals surface area contributed by atoms with Crippen LogP contribution in [0.1, 0.15) is 6.92 Å². The lowest BCUT2D eigenvalue weighted by Gasteiger charge is -2.05. The molecule has 6 heteroatoms. The summed E-state index contributed by atoms with van der Waals surface area (Å²) in [4.78, 5) is -0.430. The molecule has 17 heavy (non-hydrogen) atoms. The summed E-state index contributed by atoms with van der Waals surface area (Å²) in [5.41, 5.74) is 0.0128. The SMILES string of the molecule is C/C(NC#N)=C(/C#N)S(=O)(=O)c1ccccc1. The van der Waals surface area contributed by atoms with E-state index in [0.29, 0.717) is 0 Å². The number of nitriles is 2. The average molecular weight is 247 g/mol. The van der Waals surface area contributed by atoms with Gasteiger partial charge >= 0.3 is 0 Å². The molecule has 0 spiro atoms. The minimum Gasteiger partial charge on any atom is -0.295 e. The lowest BCUT2D eigenvalue weighted by Crippen LogP contribution is -2.12. The number of nitrogens with one attached hydrogen (secondary N) is 1. The van der Waals surface area contributed by atoms with Gasteiger partial charge in [-0.25, -0.2) is 8.42 Å². The standard InChI is InChI=1S/C11H9N3O2S/c1-9(14-8-13)11(7-12)17(15,16)10-5-3-2-4-6-10/h2-6,14H,1H3/b11-9+. The highest BCUT2D eigenvalue weighted by molar-refractivity contribution is 7.95. The number of benzene rings is 1. The quantitative estimate of drug-likeness (QED) is 0.493. The summed E-state index contributed by atoms with van der Waals surface area (Å²) < 4.78 is 24.1. The summed E-state index contributed by atoms with van der Waals surface area (Å²) >= 11 is 0. The van der Waals surface area contributed by atoms with Gasteiger partial charge in [0, 0.05) is 0 Å². The Morgan fingerprint density at radius 3 is 2.29 bits per heavy atom. The van der Waals surface area contributed by atoms with Gasteiger partial charge in [-0.05, 0) is 19.1 Å². The second-order valence-corrected chi connectivity index (χ2v) is 5.01. The molecule has 0 unspecified atom stereocenters. The maximum absolute atomic E-state index is 12.0. The van der Waals surface area contributed by atoms with Crippen LogP contribution < -0.4 is 5.32 Å². The van der Waals surface area contributed by atoms with Crippen molar-refractivity contribution in [1.82, 2.24) is 5.32 Å². The number of hydrogen-bond acceptors (Lipinski definition) is 5. The van der Waals surface area contributed by atoms with E-state index in [1.54, 1.807) is 30.5 Å². The van der Waals surface area contributed by atoms with Gasteiger partial charge in [-0.3, -0.25) is 5.32 Å². The van der Waals surface area contributed by atoms with Gasteiger partial charge in [0.2, 0.25) is 9.84 Å². The Labute approximate surface area is 99.5 Å². The van der Waals surface area contributed by atoms with E-state index in [9.17, 15) is 8.42 Å². The molecule has 0 bridgehead atoms. The van der Waals surface area contributed by atoms with Crippen molar-refractivity contribution in [3.8, 4) is 12.3 Å². The zero-order valence-corrected chi connectivity index (χ0v) is 9.82. The van der Waals surface area contributed by atoms with Crippen LogP contribution >= 0.6 is 0 Å². The first kappa shape index (κ1) is 12.8. The second kappa shape index (κ2) is 5.15. The smallest absolute Gasteiger partial charge is 0.218 e. The van der Waals surface area contributed by atoms with Crippen LogP contribution in [0, 0.1) is 22.8 Å². The Hall–Kier alpha value is -2.31. The van der Waals surface area contributed by atoms with Crippen molar-refractivity contribution >= 4 is 9.84 Å². The third kappa shape index (κ3) is 2.63. The van der Waals surface area contributed by atoms with Crippen molar-refractivity contribution in [1.29, 1.82) is 10.5 Å². The molecule has 0 fully saturated rings. The monoisotopic (exact) mass is 247 g/mol. The Balaban J connectivity index is 3.39. The maximum atomic E-state index is 12.0. The van der Waals surface area contributed by atoms with E-state index in [2.05, 4.69) is 5.32 Å². The third-order valence-corrected chi connectivity index (χ3v) is 3.84. The Bertz CT molecular complexity index is 619. The molecule has 0 atom stereocenters. The first-order valence-electron chi connectivity index (χ1n) is 4.60. The van der Waals surface area contributed by atoms with Gasteiger partial charge in [0.1, 0.15) is 6.07 Å². The van der Waals surface area contributed by atoms with Gasteiger partial charge in [-0.15, -0.1) is 0 Å². The number of allylic oxidation sites excluding steroid dienone is 2. The van der Waals surface area contributed by atoms with Gasteiger partial charge in [0.05, 0.1) is 10.6 Å². The number of rotatable bonds is 3. The first-order valence-corrected chi connectivity index (χ1v) is 6.08. The van der Waals surface area contributed by atoms with Gasteiger partial charge in [-0.2, -0.15) is 10.5 Å². The minimum absolute atomic E-state index is 0.0128. The minimum atomic E-state index is -3.87. The highest BCUT2D eigenvalue weighted by atomic mass is 32.2. The summed E-state index contributed by atoms with van der Waals surface area (Å²) in [6, 6.07) is 9.20. The Kier molecular flexibility index (Phi) is 3.86. The fraction of sp³-hybridized carbons (Fsp3) is 0.0909. The van der Waals surface area contributed by atoms with Crippen molar-refractivity contribution in [2.75, 3.05) is 0 Å². The predicted molar refractivity (Wildman–Crippen MR) is 60.7 cm³/mol. The van der Waals surface area contributed by atoms with Crippen LogP contribution in [0.15, 0.2) is 45.8 Å². The van der Waals surface area contributed by atoms with Gasteiger partial charge < -0.3 is 0 Å². The van der Waals surface area contributed by atoms with E-state index in [0.717, 1.165) is 0 Å². The van der Waals surface area contributed by atoms with E-state index >= 15 is 0 Å². The van der Waals surface area contributed by atoms with Crippen LogP contribution in [-0.2, 0) is 9.84 Å². The molecule has 0 saturated heterocycles. The van der Waals surface area contributed by atoms with Crippen LogP contribution in [-0.4, -0.2) is 8.42 Å². The molecule has 0 radical (unpaired) electrons. The van der Waals surface area contributed by atoms with Crippen molar-refractivity contribution in [2.24, 2.45) is 0 Å². The van der Waals surface area contributed by atoms with E-state index in [4.69, 9.17) is 10.5 Å². The van der Waals surface area contributed by atoms with Crippen molar-refractivity contribution < 1.29 is 8.42 Å². The highest BCUT2D eigenvalue weighted by Gasteiger charge is 2.22. The molecule has 0 heterocycles. The number of sulfone groups is 1. The molecule has 0 aliphatic carbocycles. The van der Waals surface area contributed by atoms with E-state index in [-0.39, 0.29) is 10.6 Å². The van der Waals surface area contributed by atoms with Crippen LogP contribution in [0.3, 0.4) is 0 Å². The summed E-state index contributed by atoms with van der Waals surface area (Å²) in [5, 5.41) is 19.5. The van der Waals surface area contributed by atoms with Crippen LogP contribution in [0.25, 0.3) is 0 Å². The molecule has 1 N–H and O–H groups in total. The molecule has 0 aromatic heterocycles. The molecular weight excluding hydrogens is 238 g/mol. The lowest BCUT2D eigenvalue weighted by molar-refractivity contribution is 0.602. The van der Waals surface area contributed by atoms with E-state index in [1.165, 1.54) is 19.1 Å². The molecule has 1 aromatic rings. The molecule has 0 saturated carbocycles.